The molecule has 1 N–H and O–H groups in total. The Labute approximate surface area is 247 Å². The molecule has 0 saturated carbocycles. The van der Waals surface area contributed by atoms with Crippen molar-refractivity contribution < 1.29 is 0 Å². The van der Waals surface area contributed by atoms with Gasteiger partial charge in [0.25, 0.3) is 5.56 Å². The maximum absolute atomic E-state index is 14.0. The number of aromatic nitrogens is 6. The predicted octanol–water partition coefficient (Wildman–Crippen LogP) is 5.93. The zero-order chi connectivity index (χ0) is 28.6. The quantitative estimate of drug-likeness (QED) is 0.250. The van der Waals surface area contributed by atoms with Crippen molar-refractivity contribution in [1.82, 2.24) is 35.1 Å². The fourth-order valence-corrected chi connectivity index (χ4v) is 5.92. The molecule has 1 aliphatic rings. The molecule has 0 aliphatic carbocycles. The van der Waals surface area contributed by atoms with Gasteiger partial charge in [0.05, 0.1) is 11.5 Å². The van der Waals surface area contributed by atoms with Crippen LogP contribution in [0.5, 0.6) is 0 Å². The highest BCUT2D eigenvalue weighted by Crippen LogP contribution is 2.30. The van der Waals surface area contributed by atoms with E-state index in [-0.39, 0.29) is 5.56 Å². The average molecular weight is 570 g/mol. The first kappa shape index (κ1) is 28.8. The van der Waals surface area contributed by atoms with Gasteiger partial charge >= 0.3 is 0 Å². The highest BCUT2D eigenvalue weighted by atomic mass is 32.1. The Morgan fingerprint density at radius 1 is 0.976 bits per heavy atom. The van der Waals surface area contributed by atoms with Gasteiger partial charge < -0.3 is 4.90 Å². The number of tetrazole rings is 1. The van der Waals surface area contributed by atoms with Crippen molar-refractivity contribution in [2.75, 3.05) is 13.1 Å². The van der Waals surface area contributed by atoms with Gasteiger partial charge in [0.2, 0.25) is 0 Å². The minimum atomic E-state index is 0.0326. The number of thiocarbonyl (C=S) groups is 1. The van der Waals surface area contributed by atoms with E-state index in [1.807, 2.05) is 29.7 Å². The number of nitrogens with zero attached hydrogens (tertiary/aromatic N) is 6. The molecule has 0 spiro atoms. The molecule has 2 aromatic heterocycles. The van der Waals surface area contributed by atoms with E-state index in [0.29, 0.717) is 18.8 Å². The minimum absolute atomic E-state index is 0.0326. The molecule has 214 valence electrons. The van der Waals surface area contributed by atoms with E-state index in [1.54, 1.807) is 0 Å². The van der Waals surface area contributed by atoms with Gasteiger partial charge in [0.1, 0.15) is 5.82 Å². The van der Waals surface area contributed by atoms with Gasteiger partial charge in [-0.2, -0.15) is 0 Å². The van der Waals surface area contributed by atoms with Crippen molar-refractivity contribution in [2.45, 2.75) is 78.2 Å². The standard InChI is InChI=1S/C32H39N7OS/c1-3-4-14-29-33-23(2)28(21-30(41)38-19-10-6-5-7-11-20-38)32(40)39(29)22-24-15-17-25(18-16-24)26-12-8-9-13-27(26)31-34-36-37-35-31/h8-9,12-13,15-18H,3-7,10-11,14,19-22H2,1-2H3,(H,34,35,36,37). The topological polar surface area (TPSA) is 92.6 Å². The van der Waals surface area contributed by atoms with Crippen LogP contribution in [0.15, 0.2) is 53.3 Å². The second-order valence-corrected chi connectivity index (χ2v) is 11.4. The van der Waals surface area contributed by atoms with E-state index in [0.717, 1.165) is 89.5 Å². The van der Waals surface area contributed by atoms with Crippen LogP contribution in [0.2, 0.25) is 0 Å². The van der Waals surface area contributed by atoms with Crippen molar-refractivity contribution in [2.24, 2.45) is 0 Å². The number of rotatable bonds is 9. The van der Waals surface area contributed by atoms with E-state index >= 15 is 0 Å². The lowest BCUT2D eigenvalue weighted by Gasteiger charge is -2.27. The van der Waals surface area contributed by atoms with Crippen molar-refractivity contribution in [3.8, 4) is 22.5 Å². The molecule has 0 radical (unpaired) electrons. The fourth-order valence-electron chi connectivity index (χ4n) is 5.60. The molecule has 1 fully saturated rings. The van der Waals surface area contributed by atoms with Crippen LogP contribution in [0.4, 0.5) is 0 Å². The number of likely N-dealkylation sites (tertiary alicyclic amines) is 1. The molecule has 0 atom stereocenters. The van der Waals surface area contributed by atoms with Crippen molar-refractivity contribution in [3.05, 3.63) is 81.5 Å². The van der Waals surface area contributed by atoms with Gasteiger partial charge in [-0.3, -0.25) is 9.36 Å². The monoisotopic (exact) mass is 569 g/mol. The molecule has 5 rings (SSSR count). The minimum Gasteiger partial charge on any atom is -0.366 e. The summed E-state index contributed by atoms with van der Waals surface area (Å²) in [5.41, 5.74) is 5.65. The first-order valence-electron chi connectivity index (χ1n) is 14.8. The summed E-state index contributed by atoms with van der Waals surface area (Å²) in [6.07, 6.45) is 9.42. The summed E-state index contributed by atoms with van der Waals surface area (Å²) >= 11 is 5.89. The fraction of sp³-hybridized carbons (Fsp3) is 0.438. The number of unbranched alkanes of at least 4 members (excludes halogenated alkanes) is 1. The predicted molar refractivity (Wildman–Crippen MR) is 167 cm³/mol. The van der Waals surface area contributed by atoms with Crippen LogP contribution in [0.3, 0.4) is 0 Å². The number of H-pyrrole nitrogens is 1. The SMILES string of the molecule is CCCCc1nc(C)c(CC(=S)N2CCCCCCC2)c(=O)n1Cc1ccc(-c2ccccc2-c2nnn[nH]2)cc1. The highest BCUT2D eigenvalue weighted by Gasteiger charge is 2.19. The summed E-state index contributed by atoms with van der Waals surface area (Å²) < 4.78 is 1.87. The number of hydrogen-bond acceptors (Lipinski definition) is 6. The van der Waals surface area contributed by atoms with Crippen LogP contribution < -0.4 is 5.56 Å². The molecular formula is C32H39N7OS. The number of nitrogens with one attached hydrogen (secondary N) is 1. The molecule has 8 nitrogen and oxygen atoms in total. The lowest BCUT2D eigenvalue weighted by atomic mass is 9.98. The lowest BCUT2D eigenvalue weighted by molar-refractivity contribution is 0.363. The van der Waals surface area contributed by atoms with Crippen molar-refractivity contribution in [3.63, 3.8) is 0 Å². The summed E-state index contributed by atoms with van der Waals surface area (Å²) in [5.74, 6) is 1.48. The number of benzene rings is 2. The van der Waals surface area contributed by atoms with Gasteiger partial charge in [0, 0.05) is 42.8 Å². The number of hydrogen-bond donors (Lipinski definition) is 1. The smallest absolute Gasteiger partial charge is 0.257 e. The Bertz CT molecular complexity index is 1500. The van der Waals surface area contributed by atoms with Crippen LogP contribution in [0.1, 0.15) is 74.5 Å². The summed E-state index contributed by atoms with van der Waals surface area (Å²) in [5, 5.41) is 14.4. The van der Waals surface area contributed by atoms with Crippen LogP contribution in [0, 0.1) is 6.92 Å². The van der Waals surface area contributed by atoms with Crippen LogP contribution in [0.25, 0.3) is 22.5 Å². The van der Waals surface area contributed by atoms with Crippen molar-refractivity contribution >= 4 is 17.2 Å². The summed E-state index contributed by atoms with van der Waals surface area (Å²) in [6.45, 7) is 6.56. The molecule has 0 bridgehead atoms. The Morgan fingerprint density at radius 3 is 2.37 bits per heavy atom. The normalized spacial score (nSPS) is 14.0. The third kappa shape index (κ3) is 6.96. The Morgan fingerprint density at radius 2 is 1.68 bits per heavy atom. The summed E-state index contributed by atoms with van der Waals surface area (Å²) in [7, 11) is 0. The van der Waals surface area contributed by atoms with E-state index in [1.165, 1.54) is 19.3 Å². The van der Waals surface area contributed by atoms with Gasteiger partial charge in [-0.25, -0.2) is 10.1 Å². The molecular weight excluding hydrogens is 530 g/mol. The molecule has 2 aromatic carbocycles. The molecule has 1 saturated heterocycles. The number of aromatic amines is 1. The average Bonchev–Trinajstić information content (AvgIpc) is 3.51. The Hall–Kier alpha value is -3.72. The maximum Gasteiger partial charge on any atom is 0.257 e. The third-order valence-corrected chi connectivity index (χ3v) is 8.37. The molecule has 0 unspecified atom stereocenters. The van der Waals surface area contributed by atoms with Gasteiger partial charge in [-0.1, -0.05) is 93.4 Å². The van der Waals surface area contributed by atoms with Crippen LogP contribution in [-0.2, 0) is 19.4 Å². The first-order chi connectivity index (χ1) is 20.0. The molecule has 1 aliphatic heterocycles. The summed E-state index contributed by atoms with van der Waals surface area (Å²) in [6, 6.07) is 16.4. The van der Waals surface area contributed by atoms with E-state index in [9.17, 15) is 4.79 Å². The first-order valence-corrected chi connectivity index (χ1v) is 15.3. The second kappa shape index (κ2) is 13.8. The van der Waals surface area contributed by atoms with Gasteiger partial charge in [0.15, 0.2) is 5.82 Å². The van der Waals surface area contributed by atoms with E-state index < -0.39 is 0 Å². The maximum atomic E-state index is 14.0. The molecule has 9 heteroatoms. The molecule has 4 aromatic rings. The summed E-state index contributed by atoms with van der Waals surface area (Å²) in [4.78, 5) is 22.2. The largest absolute Gasteiger partial charge is 0.366 e. The van der Waals surface area contributed by atoms with Gasteiger partial charge in [-0.15, -0.1) is 5.10 Å². The number of aryl methyl sites for hydroxylation is 2. The third-order valence-electron chi connectivity index (χ3n) is 7.97. The molecule has 3 heterocycles. The van der Waals surface area contributed by atoms with Crippen LogP contribution >= 0.6 is 12.2 Å². The Kier molecular flexibility index (Phi) is 9.67. The van der Waals surface area contributed by atoms with Gasteiger partial charge in [-0.05, 0) is 53.3 Å². The molecule has 41 heavy (non-hydrogen) atoms. The van der Waals surface area contributed by atoms with Crippen molar-refractivity contribution in [1.29, 1.82) is 0 Å². The van der Waals surface area contributed by atoms with E-state index in [2.05, 4.69) is 62.8 Å². The highest BCUT2D eigenvalue weighted by molar-refractivity contribution is 7.80. The lowest BCUT2D eigenvalue weighted by Crippen LogP contribution is -2.37. The Balaban J connectivity index is 1.42. The molecule has 0 amide bonds. The van der Waals surface area contributed by atoms with E-state index in [4.69, 9.17) is 17.2 Å². The second-order valence-electron chi connectivity index (χ2n) is 10.9. The zero-order valence-corrected chi connectivity index (χ0v) is 24.9. The van der Waals surface area contributed by atoms with Crippen LogP contribution in [-0.4, -0.2) is 53.2 Å². The zero-order valence-electron chi connectivity index (χ0n) is 24.1.